The highest BCUT2D eigenvalue weighted by atomic mass is 35.5. The molecule has 174 valence electrons. The molecule has 2 saturated heterocycles. The molecule has 0 aliphatic carbocycles. The zero-order chi connectivity index (χ0) is 20.5. The van der Waals surface area contributed by atoms with Crippen LogP contribution in [0.5, 0.6) is 0 Å². The molecule has 2 atom stereocenters. The molecule has 4 amide bonds. The van der Waals surface area contributed by atoms with Crippen molar-refractivity contribution in [1.29, 1.82) is 5.41 Å². The van der Waals surface area contributed by atoms with Crippen LogP contribution in [0.25, 0.3) is 0 Å². The number of hydrogen-bond donors (Lipinski definition) is 5. The minimum absolute atomic E-state index is 0. The minimum Gasteiger partial charge on any atom is -0.370 e. The lowest BCUT2D eigenvalue weighted by molar-refractivity contribution is -0.134. The van der Waals surface area contributed by atoms with Gasteiger partial charge in [0.05, 0.1) is 12.5 Å². The van der Waals surface area contributed by atoms with Crippen LogP contribution in [0, 0.1) is 11.3 Å². The van der Waals surface area contributed by atoms with E-state index in [1.165, 1.54) is 0 Å². The van der Waals surface area contributed by atoms with E-state index in [1.54, 1.807) is 9.80 Å². The lowest BCUT2D eigenvalue weighted by Crippen LogP contribution is -2.49. The molecule has 30 heavy (non-hydrogen) atoms. The fraction of sp³-hybridized carbons (Fsp3) is 0.778. The number of urea groups is 1. The Morgan fingerprint density at radius 2 is 1.60 bits per heavy atom. The van der Waals surface area contributed by atoms with Crippen molar-refractivity contribution in [2.24, 2.45) is 17.4 Å². The Bertz CT molecular complexity index is 586. The molecule has 0 aromatic heterocycles. The number of halogens is 2. The molecule has 2 rings (SSSR count). The number of amides is 4. The summed E-state index contributed by atoms with van der Waals surface area (Å²) in [5.74, 6) is -0.594. The Kier molecular flexibility index (Phi) is 13.4. The first-order valence-corrected chi connectivity index (χ1v) is 10.1. The van der Waals surface area contributed by atoms with Crippen LogP contribution in [0.3, 0.4) is 0 Å². The number of guanidine groups is 1. The molecule has 0 saturated carbocycles. The summed E-state index contributed by atoms with van der Waals surface area (Å²) in [4.78, 5) is 39.9. The fourth-order valence-corrected chi connectivity index (χ4v) is 3.72. The first kappa shape index (κ1) is 28.2. The van der Waals surface area contributed by atoms with Gasteiger partial charge in [0.15, 0.2) is 5.96 Å². The van der Waals surface area contributed by atoms with Gasteiger partial charge in [-0.3, -0.25) is 20.3 Å². The van der Waals surface area contributed by atoms with E-state index in [-0.39, 0.29) is 49.0 Å². The molecule has 0 bridgehead atoms. The Morgan fingerprint density at radius 1 is 1.00 bits per heavy atom. The van der Waals surface area contributed by atoms with Crippen molar-refractivity contribution < 1.29 is 14.4 Å². The summed E-state index contributed by atoms with van der Waals surface area (Å²) < 4.78 is 0. The number of imide groups is 1. The second-order valence-corrected chi connectivity index (χ2v) is 7.65. The highest BCUT2D eigenvalue weighted by molar-refractivity contribution is 5.97. The van der Waals surface area contributed by atoms with Crippen molar-refractivity contribution in [3.05, 3.63) is 0 Å². The van der Waals surface area contributed by atoms with E-state index < -0.39 is 18.0 Å². The minimum atomic E-state index is -0.937. The van der Waals surface area contributed by atoms with Gasteiger partial charge in [0, 0.05) is 32.7 Å². The molecule has 2 heterocycles. The average Bonchev–Trinajstić information content (AvgIpc) is 2.95. The van der Waals surface area contributed by atoms with Crippen molar-refractivity contribution in [2.75, 3.05) is 32.7 Å². The normalized spacial score (nSPS) is 20.0. The van der Waals surface area contributed by atoms with E-state index >= 15 is 0 Å². The number of rotatable bonds is 5. The Hall–Kier alpha value is -1.78. The molecule has 12 heteroatoms. The van der Waals surface area contributed by atoms with Crippen LogP contribution < -0.4 is 22.1 Å². The van der Waals surface area contributed by atoms with Crippen molar-refractivity contribution in [2.45, 2.75) is 51.0 Å². The number of nitrogens with zero attached hydrogens (tertiary/aromatic N) is 2. The average molecular weight is 468 g/mol. The molecule has 0 aromatic carbocycles. The van der Waals surface area contributed by atoms with Gasteiger partial charge in [0.2, 0.25) is 11.8 Å². The van der Waals surface area contributed by atoms with Crippen molar-refractivity contribution in [1.82, 2.24) is 20.4 Å². The second-order valence-electron chi connectivity index (χ2n) is 7.65. The third kappa shape index (κ3) is 9.36. The van der Waals surface area contributed by atoms with Crippen LogP contribution in [-0.2, 0) is 9.59 Å². The van der Waals surface area contributed by atoms with Gasteiger partial charge in [-0.05, 0) is 31.6 Å². The van der Waals surface area contributed by atoms with Crippen LogP contribution in [0.2, 0.25) is 0 Å². The maximum Gasteiger partial charge on any atom is 0.321 e. The van der Waals surface area contributed by atoms with Crippen LogP contribution in [-0.4, -0.2) is 72.4 Å². The Balaban J connectivity index is 0.00000420. The van der Waals surface area contributed by atoms with E-state index in [4.69, 9.17) is 16.9 Å². The number of piperidine rings is 1. The second kappa shape index (κ2) is 14.3. The molecule has 0 spiro atoms. The molecule has 7 N–H and O–H groups in total. The van der Waals surface area contributed by atoms with E-state index in [0.717, 1.165) is 45.1 Å². The fourth-order valence-electron chi connectivity index (χ4n) is 3.72. The quantitative estimate of drug-likeness (QED) is 0.290. The SMILES string of the molecule is Cl.Cl.N=C(N)N1CCC[C@@H](CNC(=O)NC(=O)C[C@H](N)C(=O)N2CCCCCC2)C1. The number of hydrogen-bond acceptors (Lipinski definition) is 5. The maximum atomic E-state index is 12.4. The summed E-state index contributed by atoms with van der Waals surface area (Å²) in [6.07, 6.45) is 5.72. The number of nitrogens with one attached hydrogen (secondary N) is 3. The van der Waals surface area contributed by atoms with Gasteiger partial charge in [-0.1, -0.05) is 12.8 Å². The topological polar surface area (TPSA) is 158 Å². The number of carbonyl (C=O) groups excluding carboxylic acids is 3. The molecule has 2 aliphatic heterocycles. The van der Waals surface area contributed by atoms with Crippen LogP contribution >= 0.6 is 24.8 Å². The first-order valence-electron chi connectivity index (χ1n) is 10.1. The van der Waals surface area contributed by atoms with Crippen molar-refractivity contribution >= 4 is 48.6 Å². The third-order valence-electron chi connectivity index (χ3n) is 5.30. The summed E-state index contributed by atoms with van der Waals surface area (Å²) in [7, 11) is 0. The lowest BCUT2D eigenvalue weighted by atomic mass is 9.98. The third-order valence-corrected chi connectivity index (χ3v) is 5.30. The summed E-state index contributed by atoms with van der Waals surface area (Å²) in [5.41, 5.74) is 11.4. The van der Waals surface area contributed by atoms with Gasteiger partial charge in [0.25, 0.3) is 0 Å². The van der Waals surface area contributed by atoms with Crippen LogP contribution in [0.1, 0.15) is 44.9 Å². The van der Waals surface area contributed by atoms with Gasteiger partial charge >= 0.3 is 6.03 Å². The van der Waals surface area contributed by atoms with Crippen LogP contribution in [0.4, 0.5) is 4.79 Å². The van der Waals surface area contributed by atoms with Gasteiger partial charge in [-0.15, -0.1) is 24.8 Å². The molecule has 0 radical (unpaired) electrons. The highest BCUT2D eigenvalue weighted by Gasteiger charge is 2.25. The van der Waals surface area contributed by atoms with E-state index in [9.17, 15) is 14.4 Å². The molecular formula is C18H35Cl2N7O3. The molecule has 2 fully saturated rings. The van der Waals surface area contributed by atoms with E-state index in [1.807, 2.05) is 0 Å². The molecule has 10 nitrogen and oxygen atoms in total. The predicted octanol–water partition coefficient (Wildman–Crippen LogP) is 0.381. The summed E-state index contributed by atoms with van der Waals surface area (Å²) in [5, 5.41) is 12.4. The van der Waals surface area contributed by atoms with Crippen LogP contribution in [0.15, 0.2) is 0 Å². The maximum absolute atomic E-state index is 12.4. The predicted molar refractivity (Wildman–Crippen MR) is 120 cm³/mol. The van der Waals surface area contributed by atoms with Gasteiger partial charge in [-0.25, -0.2) is 4.79 Å². The standard InChI is InChI=1S/C18H33N7O3.2ClH/c19-14(16(27)24-7-3-1-2-4-8-24)10-15(26)23-18(28)22-11-13-6-5-9-25(12-13)17(20)21;;/h13-14H,1-12,19H2,(H3,20,21)(H2,22,23,26,28);2*1H/t13-,14-;;/m0../s1. The molecule has 0 aromatic rings. The zero-order valence-electron chi connectivity index (χ0n) is 17.2. The van der Waals surface area contributed by atoms with Crippen molar-refractivity contribution in [3.8, 4) is 0 Å². The summed E-state index contributed by atoms with van der Waals surface area (Å²) in [6.45, 7) is 3.10. The van der Waals surface area contributed by atoms with E-state index in [0.29, 0.717) is 26.2 Å². The first-order chi connectivity index (χ1) is 13.4. The summed E-state index contributed by atoms with van der Waals surface area (Å²) >= 11 is 0. The number of likely N-dealkylation sites (tertiary alicyclic amines) is 2. The molecular weight excluding hydrogens is 433 g/mol. The monoisotopic (exact) mass is 467 g/mol. The summed E-state index contributed by atoms with van der Waals surface area (Å²) in [6, 6.07) is -1.53. The highest BCUT2D eigenvalue weighted by Crippen LogP contribution is 2.15. The van der Waals surface area contributed by atoms with Gasteiger partial charge < -0.3 is 26.6 Å². The molecule has 2 aliphatic rings. The van der Waals surface area contributed by atoms with Crippen molar-refractivity contribution in [3.63, 3.8) is 0 Å². The Labute approximate surface area is 190 Å². The van der Waals surface area contributed by atoms with E-state index in [2.05, 4.69) is 10.6 Å². The van der Waals surface area contributed by atoms with Gasteiger partial charge in [-0.2, -0.15) is 0 Å². The molecule has 0 unspecified atom stereocenters. The van der Waals surface area contributed by atoms with Gasteiger partial charge in [0.1, 0.15) is 0 Å². The smallest absolute Gasteiger partial charge is 0.321 e. The lowest BCUT2D eigenvalue weighted by Gasteiger charge is -2.32. The Morgan fingerprint density at radius 3 is 2.20 bits per heavy atom. The number of carbonyl (C=O) groups is 3. The number of nitrogens with two attached hydrogens (primary N) is 2. The zero-order valence-corrected chi connectivity index (χ0v) is 18.9. The largest absolute Gasteiger partial charge is 0.370 e.